The van der Waals surface area contributed by atoms with E-state index in [2.05, 4.69) is 10.6 Å². The molecule has 0 spiro atoms. The fourth-order valence-corrected chi connectivity index (χ4v) is 3.79. The van der Waals surface area contributed by atoms with Crippen LogP contribution in [-0.2, 0) is 16.1 Å². The molecule has 1 fully saturated rings. The number of rotatable bonds is 8. The van der Waals surface area contributed by atoms with Crippen molar-refractivity contribution in [2.45, 2.75) is 39.4 Å². The first-order chi connectivity index (χ1) is 15.4. The maximum Gasteiger partial charge on any atom is 0.319 e. The minimum absolute atomic E-state index is 0.0123. The molecule has 3 amide bonds. The van der Waals surface area contributed by atoms with Crippen molar-refractivity contribution in [3.8, 4) is 5.75 Å². The summed E-state index contributed by atoms with van der Waals surface area (Å²) in [7, 11) is 1.62. The van der Waals surface area contributed by atoms with Crippen LogP contribution in [0.25, 0.3) is 0 Å². The van der Waals surface area contributed by atoms with E-state index in [1.807, 2.05) is 60.4 Å². The van der Waals surface area contributed by atoms with Crippen molar-refractivity contribution in [1.82, 2.24) is 10.2 Å². The highest BCUT2D eigenvalue weighted by atomic mass is 16.5. The summed E-state index contributed by atoms with van der Waals surface area (Å²) in [6.45, 7) is 6.01. The number of nitrogens with one attached hydrogen (secondary N) is 2. The summed E-state index contributed by atoms with van der Waals surface area (Å²) < 4.78 is 11.1. The number of amides is 3. The van der Waals surface area contributed by atoms with Crippen molar-refractivity contribution in [2.75, 3.05) is 32.1 Å². The predicted molar refractivity (Wildman–Crippen MR) is 125 cm³/mol. The fourth-order valence-electron chi connectivity index (χ4n) is 3.79. The van der Waals surface area contributed by atoms with Crippen LogP contribution in [0.5, 0.6) is 5.75 Å². The molecule has 1 aliphatic rings. The van der Waals surface area contributed by atoms with Gasteiger partial charge in [-0.2, -0.15) is 0 Å². The predicted octanol–water partition coefficient (Wildman–Crippen LogP) is 3.97. The number of aryl methyl sites for hydroxylation is 1. The first-order valence-electron chi connectivity index (χ1n) is 11.1. The number of anilines is 1. The Hall–Kier alpha value is -3.06. The largest absolute Gasteiger partial charge is 0.497 e. The Morgan fingerprint density at radius 2 is 1.97 bits per heavy atom. The quantitative estimate of drug-likeness (QED) is 0.652. The molecule has 0 saturated carbocycles. The van der Waals surface area contributed by atoms with Gasteiger partial charge in [0, 0.05) is 25.3 Å². The highest BCUT2D eigenvalue weighted by molar-refractivity contribution is 5.89. The lowest BCUT2D eigenvalue weighted by atomic mass is 9.97. The molecule has 2 aromatic rings. The average molecular weight is 440 g/mol. The number of nitrogens with zero attached hydrogens (tertiary/aromatic N) is 1. The summed E-state index contributed by atoms with van der Waals surface area (Å²) in [4.78, 5) is 26.9. The minimum atomic E-state index is -0.530. The van der Waals surface area contributed by atoms with Crippen molar-refractivity contribution >= 4 is 17.6 Å². The van der Waals surface area contributed by atoms with Gasteiger partial charge >= 0.3 is 6.03 Å². The van der Waals surface area contributed by atoms with Gasteiger partial charge in [0.1, 0.15) is 11.9 Å². The first-order valence-corrected chi connectivity index (χ1v) is 11.1. The second-order valence-corrected chi connectivity index (χ2v) is 8.30. The Balaban J connectivity index is 1.43. The van der Waals surface area contributed by atoms with Crippen molar-refractivity contribution in [1.29, 1.82) is 0 Å². The fraction of sp³-hybridized carbons (Fsp3) is 0.440. The summed E-state index contributed by atoms with van der Waals surface area (Å²) in [5, 5.41) is 5.77. The number of hydrogen-bond donors (Lipinski definition) is 2. The van der Waals surface area contributed by atoms with Gasteiger partial charge in [-0.05, 0) is 62.4 Å². The van der Waals surface area contributed by atoms with E-state index in [9.17, 15) is 9.59 Å². The summed E-state index contributed by atoms with van der Waals surface area (Å²) in [5.74, 6) is 0.978. The summed E-state index contributed by atoms with van der Waals surface area (Å²) >= 11 is 0. The number of ether oxygens (including phenoxy) is 2. The van der Waals surface area contributed by atoms with Crippen molar-refractivity contribution in [3.05, 3.63) is 59.7 Å². The lowest BCUT2D eigenvalue weighted by molar-refractivity contribution is -0.145. The van der Waals surface area contributed by atoms with Gasteiger partial charge in [0.05, 0.1) is 13.7 Å². The summed E-state index contributed by atoms with van der Waals surface area (Å²) in [6.07, 6.45) is 1.37. The number of hydrogen-bond acceptors (Lipinski definition) is 4. The molecule has 2 atom stereocenters. The number of methoxy groups -OCH3 is 1. The van der Waals surface area contributed by atoms with Crippen molar-refractivity contribution in [3.63, 3.8) is 0 Å². The van der Waals surface area contributed by atoms with Crippen LogP contribution in [0, 0.1) is 12.8 Å². The second-order valence-electron chi connectivity index (χ2n) is 8.30. The maximum atomic E-state index is 12.9. The molecule has 2 unspecified atom stereocenters. The molecule has 0 radical (unpaired) electrons. The van der Waals surface area contributed by atoms with E-state index in [1.54, 1.807) is 14.0 Å². The topological polar surface area (TPSA) is 79.9 Å². The molecule has 3 rings (SSSR count). The van der Waals surface area contributed by atoms with Crippen LogP contribution in [0.1, 0.15) is 30.9 Å². The van der Waals surface area contributed by atoms with E-state index in [0.29, 0.717) is 19.7 Å². The molecular formula is C25H33N3O4. The minimum Gasteiger partial charge on any atom is -0.497 e. The number of benzene rings is 2. The van der Waals surface area contributed by atoms with Gasteiger partial charge in [0.25, 0.3) is 5.91 Å². The Kier molecular flexibility index (Phi) is 8.50. The smallest absolute Gasteiger partial charge is 0.319 e. The normalized spacial score (nSPS) is 16.8. The van der Waals surface area contributed by atoms with Crippen molar-refractivity contribution < 1.29 is 19.1 Å². The molecule has 1 saturated heterocycles. The Labute approximate surface area is 190 Å². The molecule has 0 aliphatic carbocycles. The molecule has 2 aromatic carbocycles. The molecule has 32 heavy (non-hydrogen) atoms. The monoisotopic (exact) mass is 439 g/mol. The Bertz CT molecular complexity index is 900. The number of urea groups is 1. The van der Waals surface area contributed by atoms with E-state index in [1.165, 1.54) is 0 Å². The van der Waals surface area contributed by atoms with Gasteiger partial charge in [-0.15, -0.1) is 0 Å². The molecule has 2 N–H and O–H groups in total. The zero-order valence-electron chi connectivity index (χ0n) is 19.1. The molecule has 0 bridgehead atoms. The van der Waals surface area contributed by atoms with Crippen LogP contribution in [-0.4, -0.2) is 49.7 Å². The third-order valence-electron chi connectivity index (χ3n) is 5.67. The number of piperidine rings is 1. The number of likely N-dealkylation sites (tertiary alicyclic amines) is 1. The molecule has 7 nitrogen and oxygen atoms in total. The average Bonchev–Trinajstić information content (AvgIpc) is 2.82. The molecule has 1 heterocycles. The molecule has 172 valence electrons. The van der Waals surface area contributed by atoms with Crippen LogP contribution in [0.3, 0.4) is 0 Å². The van der Waals surface area contributed by atoms with Gasteiger partial charge in [-0.25, -0.2) is 4.79 Å². The van der Waals surface area contributed by atoms with E-state index < -0.39 is 6.10 Å². The highest BCUT2D eigenvalue weighted by Crippen LogP contribution is 2.19. The summed E-state index contributed by atoms with van der Waals surface area (Å²) in [6, 6.07) is 15.1. The molecule has 1 aliphatic heterocycles. The molecule has 7 heteroatoms. The van der Waals surface area contributed by atoms with Gasteiger partial charge in [0.2, 0.25) is 0 Å². The van der Waals surface area contributed by atoms with E-state index >= 15 is 0 Å². The van der Waals surface area contributed by atoms with Crippen LogP contribution in [0.2, 0.25) is 0 Å². The van der Waals surface area contributed by atoms with E-state index in [4.69, 9.17) is 9.47 Å². The molecule has 0 aromatic heterocycles. The second kappa shape index (κ2) is 11.5. The van der Waals surface area contributed by atoms with Crippen LogP contribution in [0.4, 0.5) is 10.5 Å². The SMILES string of the molecule is COc1cccc(COC(C)C(=O)N2CCCC(CNC(=O)Nc3ccc(C)cc3)C2)c1. The maximum absolute atomic E-state index is 12.9. The van der Waals surface area contributed by atoms with Crippen LogP contribution < -0.4 is 15.4 Å². The van der Waals surface area contributed by atoms with E-state index in [0.717, 1.165) is 42.0 Å². The van der Waals surface area contributed by atoms with E-state index in [-0.39, 0.29) is 17.9 Å². The third kappa shape index (κ3) is 6.99. The number of carbonyl (C=O) groups is 2. The standard InChI is InChI=1S/C25H33N3O4/c1-18-9-11-22(12-10-18)27-25(30)26-15-21-7-5-13-28(16-21)24(29)19(2)32-17-20-6-4-8-23(14-20)31-3/h4,6,8-12,14,19,21H,5,7,13,15-17H2,1-3H3,(H2,26,27,30). The zero-order chi connectivity index (χ0) is 22.9. The lowest BCUT2D eigenvalue weighted by Crippen LogP contribution is -2.47. The lowest BCUT2D eigenvalue weighted by Gasteiger charge is -2.34. The number of carbonyl (C=O) groups excluding carboxylic acids is 2. The first kappa shape index (κ1) is 23.6. The van der Waals surface area contributed by atoms with Crippen LogP contribution >= 0.6 is 0 Å². The van der Waals surface area contributed by atoms with Gasteiger partial charge in [0.15, 0.2) is 0 Å². The van der Waals surface area contributed by atoms with Gasteiger partial charge in [-0.3, -0.25) is 4.79 Å². The van der Waals surface area contributed by atoms with Gasteiger partial charge in [-0.1, -0.05) is 29.8 Å². The zero-order valence-corrected chi connectivity index (χ0v) is 19.1. The summed E-state index contributed by atoms with van der Waals surface area (Å²) in [5.41, 5.74) is 2.87. The Morgan fingerprint density at radius 3 is 2.72 bits per heavy atom. The van der Waals surface area contributed by atoms with Gasteiger partial charge < -0.3 is 25.0 Å². The van der Waals surface area contributed by atoms with Crippen LogP contribution in [0.15, 0.2) is 48.5 Å². The Morgan fingerprint density at radius 1 is 1.19 bits per heavy atom. The highest BCUT2D eigenvalue weighted by Gasteiger charge is 2.27. The van der Waals surface area contributed by atoms with Crippen molar-refractivity contribution in [2.24, 2.45) is 5.92 Å². The third-order valence-corrected chi connectivity index (χ3v) is 5.67. The molecular weight excluding hydrogens is 406 g/mol.